The number of carbonyl (C=O) groups excluding carboxylic acids is 2. The molecule has 1 aromatic heterocycles. The molecule has 23 heavy (non-hydrogen) atoms. The van der Waals surface area contributed by atoms with Crippen LogP contribution >= 0.6 is 23.1 Å². The molecule has 0 amide bonds. The van der Waals surface area contributed by atoms with E-state index >= 15 is 0 Å². The van der Waals surface area contributed by atoms with Gasteiger partial charge in [-0.2, -0.15) is 0 Å². The number of nitrogens with zero attached hydrogens (tertiary/aromatic N) is 3. The van der Waals surface area contributed by atoms with Gasteiger partial charge in [0.05, 0.1) is 11.6 Å². The topological polar surface area (TPSA) is 62.6 Å². The summed E-state index contributed by atoms with van der Waals surface area (Å²) in [7, 11) is 3.92. The number of aromatic nitrogens is 1. The number of hydrogen-bond donors (Lipinski definition) is 0. The second kappa shape index (κ2) is 8.17. The zero-order valence-electron chi connectivity index (χ0n) is 14.1. The van der Waals surface area contributed by atoms with Gasteiger partial charge < -0.3 is 4.90 Å². The van der Waals surface area contributed by atoms with Gasteiger partial charge in [-0.05, 0) is 33.2 Å². The minimum Gasteiger partial charge on any atom is -0.308 e. The van der Waals surface area contributed by atoms with Crippen molar-refractivity contribution in [2.75, 3.05) is 32.9 Å². The highest BCUT2D eigenvalue weighted by molar-refractivity contribution is 8.01. The number of rotatable bonds is 7. The van der Waals surface area contributed by atoms with Crippen molar-refractivity contribution in [1.82, 2.24) is 9.88 Å². The van der Waals surface area contributed by atoms with Gasteiger partial charge in [-0.25, -0.2) is 4.98 Å². The normalized spacial score (nSPS) is 19.7. The van der Waals surface area contributed by atoms with Crippen molar-refractivity contribution < 1.29 is 9.59 Å². The fourth-order valence-electron chi connectivity index (χ4n) is 2.26. The number of aliphatic imine (C=N–C) groups is 1. The second-order valence-electron chi connectivity index (χ2n) is 5.78. The van der Waals surface area contributed by atoms with Gasteiger partial charge >= 0.3 is 0 Å². The van der Waals surface area contributed by atoms with E-state index in [0.717, 1.165) is 30.1 Å². The average molecular weight is 354 g/mol. The number of thiazole rings is 1. The first-order chi connectivity index (χ1) is 11.0. The van der Waals surface area contributed by atoms with Crippen molar-refractivity contribution >= 4 is 40.4 Å². The van der Waals surface area contributed by atoms with Crippen LogP contribution in [0, 0.1) is 6.92 Å². The van der Waals surface area contributed by atoms with Crippen LogP contribution in [0.3, 0.4) is 0 Å². The van der Waals surface area contributed by atoms with Crippen LogP contribution in [0.15, 0.2) is 4.99 Å². The number of unbranched alkanes of at least 4 members (excludes halogenated alkanes) is 1. The zero-order valence-corrected chi connectivity index (χ0v) is 15.7. The molecule has 1 aliphatic rings. The number of aryl methyl sites for hydroxylation is 1. The van der Waals surface area contributed by atoms with E-state index in [4.69, 9.17) is 0 Å². The zero-order chi connectivity index (χ0) is 17.0. The summed E-state index contributed by atoms with van der Waals surface area (Å²) in [6.07, 6.45) is 2.10. The first kappa shape index (κ1) is 18.3. The lowest BCUT2D eigenvalue weighted by atomic mass is 9.97. The Kier molecular flexibility index (Phi) is 6.50. The van der Waals surface area contributed by atoms with Crippen molar-refractivity contribution in [3.8, 4) is 0 Å². The summed E-state index contributed by atoms with van der Waals surface area (Å²) in [6, 6.07) is 0. The van der Waals surface area contributed by atoms with Gasteiger partial charge in [0.15, 0.2) is 5.78 Å². The molecule has 0 saturated carbocycles. The number of Topliss-reactive ketones (excluding diaryl/α,β-unsaturated/α-hetero) is 2. The Morgan fingerprint density at radius 2 is 2.09 bits per heavy atom. The summed E-state index contributed by atoms with van der Waals surface area (Å²) in [5, 5.41) is 0.284. The Morgan fingerprint density at radius 1 is 1.35 bits per heavy atom. The molecule has 0 aliphatic heterocycles. The molecule has 0 bridgehead atoms. The summed E-state index contributed by atoms with van der Waals surface area (Å²) in [5.74, 6) is 0.687. The summed E-state index contributed by atoms with van der Waals surface area (Å²) in [5.41, 5.74) is 0.684. The van der Waals surface area contributed by atoms with Crippen LogP contribution in [0.1, 0.15) is 44.9 Å². The van der Waals surface area contributed by atoms with E-state index in [0.29, 0.717) is 22.8 Å². The van der Waals surface area contributed by atoms with Crippen LogP contribution in [-0.2, 0) is 0 Å². The van der Waals surface area contributed by atoms with Crippen LogP contribution in [-0.4, -0.2) is 65.3 Å². The fourth-order valence-corrected chi connectivity index (χ4v) is 4.52. The molecule has 1 atom stereocenters. The summed E-state index contributed by atoms with van der Waals surface area (Å²) < 4.78 is 0. The van der Waals surface area contributed by atoms with E-state index in [1.165, 1.54) is 23.1 Å². The Hall–Kier alpha value is -1.05. The van der Waals surface area contributed by atoms with Gasteiger partial charge in [0.2, 0.25) is 5.78 Å². The molecule has 1 heterocycles. The predicted octanol–water partition coefficient (Wildman–Crippen LogP) is 2.74. The van der Waals surface area contributed by atoms with Crippen LogP contribution in [0.25, 0.3) is 0 Å². The molecule has 2 rings (SSSR count). The highest BCUT2D eigenvalue weighted by Gasteiger charge is 2.41. The number of likely N-dealkylation sites (N-methyl/N-ethyl adjacent to an activating group) is 1. The van der Waals surface area contributed by atoms with E-state index in [9.17, 15) is 9.59 Å². The van der Waals surface area contributed by atoms with E-state index < -0.39 is 5.25 Å². The molecule has 0 N–H and O–H groups in total. The van der Waals surface area contributed by atoms with Crippen LogP contribution in [0.5, 0.6) is 0 Å². The van der Waals surface area contributed by atoms with Crippen molar-refractivity contribution in [1.29, 1.82) is 0 Å². The van der Waals surface area contributed by atoms with E-state index in [1.54, 1.807) is 0 Å². The minimum atomic E-state index is -0.469. The van der Waals surface area contributed by atoms with Crippen LogP contribution < -0.4 is 0 Å². The maximum atomic E-state index is 12.8. The Labute approximate surface area is 145 Å². The summed E-state index contributed by atoms with van der Waals surface area (Å²) in [4.78, 5) is 36.8. The third-order valence-electron chi connectivity index (χ3n) is 3.50. The lowest BCUT2D eigenvalue weighted by molar-refractivity contribution is 0.0971. The largest absolute Gasteiger partial charge is 0.308 e. The molecule has 1 unspecified atom stereocenters. The molecule has 0 spiro atoms. The minimum absolute atomic E-state index is 0.00472. The standard InChI is InChI=1S/C16H23N3O2S2/c1-5-6-9-22-15-11(17-7-8-19(3)4)13(20)12-16(14(15)21)23-10(2)18-12/h15H,5-9H2,1-4H3. The van der Waals surface area contributed by atoms with E-state index in [2.05, 4.69) is 16.9 Å². The van der Waals surface area contributed by atoms with Crippen LogP contribution in [0.4, 0.5) is 0 Å². The SMILES string of the molecule is CCCCSC1C(=O)c2sc(C)nc2C(=O)C1=NCCN(C)C. The third-order valence-corrected chi connectivity index (χ3v) is 5.78. The Morgan fingerprint density at radius 3 is 2.74 bits per heavy atom. The van der Waals surface area contributed by atoms with E-state index in [1.807, 2.05) is 25.9 Å². The van der Waals surface area contributed by atoms with Gasteiger partial charge in [-0.1, -0.05) is 13.3 Å². The maximum absolute atomic E-state index is 12.8. The Balaban J connectivity index is 2.30. The highest BCUT2D eigenvalue weighted by atomic mass is 32.2. The summed E-state index contributed by atoms with van der Waals surface area (Å²) in [6.45, 7) is 5.21. The third kappa shape index (κ3) is 4.28. The first-order valence-corrected chi connectivity index (χ1v) is 9.69. The van der Waals surface area contributed by atoms with E-state index in [-0.39, 0.29) is 11.6 Å². The van der Waals surface area contributed by atoms with Gasteiger partial charge in [0, 0.05) is 6.54 Å². The molecule has 1 aromatic rings. The molecule has 126 valence electrons. The number of hydrogen-bond acceptors (Lipinski definition) is 7. The maximum Gasteiger partial charge on any atom is 0.228 e. The molecule has 7 heteroatoms. The molecule has 5 nitrogen and oxygen atoms in total. The average Bonchev–Trinajstić information content (AvgIpc) is 2.89. The first-order valence-electron chi connectivity index (χ1n) is 7.82. The molecule has 0 radical (unpaired) electrons. The monoisotopic (exact) mass is 353 g/mol. The molecule has 1 aliphatic carbocycles. The molecular formula is C16H23N3O2S2. The molecule has 0 aromatic carbocycles. The van der Waals surface area contributed by atoms with Crippen molar-refractivity contribution in [3.05, 3.63) is 15.6 Å². The molecule has 0 saturated heterocycles. The van der Waals surface area contributed by atoms with Crippen molar-refractivity contribution in [2.45, 2.75) is 31.9 Å². The van der Waals surface area contributed by atoms with Crippen molar-refractivity contribution in [2.24, 2.45) is 4.99 Å². The molecule has 0 fully saturated rings. The molecular weight excluding hydrogens is 330 g/mol. The van der Waals surface area contributed by atoms with Crippen molar-refractivity contribution in [3.63, 3.8) is 0 Å². The van der Waals surface area contributed by atoms with Crippen LogP contribution in [0.2, 0.25) is 0 Å². The Bertz CT molecular complexity index is 623. The highest BCUT2D eigenvalue weighted by Crippen LogP contribution is 2.31. The number of ketones is 2. The second-order valence-corrected chi connectivity index (χ2v) is 8.19. The van der Waals surface area contributed by atoms with Gasteiger partial charge in [-0.15, -0.1) is 23.1 Å². The number of carbonyl (C=O) groups is 2. The lowest BCUT2D eigenvalue weighted by Gasteiger charge is -2.21. The fraction of sp³-hybridized carbons (Fsp3) is 0.625. The summed E-state index contributed by atoms with van der Waals surface area (Å²) >= 11 is 2.86. The van der Waals surface area contributed by atoms with Gasteiger partial charge in [0.25, 0.3) is 0 Å². The number of thioether (sulfide) groups is 1. The smallest absolute Gasteiger partial charge is 0.228 e. The number of fused-ring (bicyclic) bond motifs is 1. The predicted molar refractivity (Wildman–Crippen MR) is 97.5 cm³/mol. The quantitative estimate of drug-likeness (QED) is 0.705. The lowest BCUT2D eigenvalue weighted by Crippen LogP contribution is -2.39. The van der Waals surface area contributed by atoms with Gasteiger partial charge in [0.1, 0.15) is 21.5 Å². The van der Waals surface area contributed by atoms with Gasteiger partial charge in [-0.3, -0.25) is 14.6 Å².